The number of aromatic nitrogens is 1. The van der Waals surface area contributed by atoms with Gasteiger partial charge in [-0.2, -0.15) is 0 Å². The lowest BCUT2D eigenvalue weighted by Gasteiger charge is -2.18. The molecule has 1 heterocycles. The Kier molecular flexibility index (Phi) is 3.72. The maximum absolute atomic E-state index is 6.00. The Morgan fingerprint density at radius 2 is 2.14 bits per heavy atom. The molecule has 78 valence electrons. The van der Waals surface area contributed by atoms with Crippen molar-refractivity contribution in [2.24, 2.45) is 11.7 Å². The van der Waals surface area contributed by atoms with Gasteiger partial charge in [-0.05, 0) is 5.92 Å². The van der Waals surface area contributed by atoms with Crippen molar-refractivity contribution in [2.75, 3.05) is 7.11 Å². The van der Waals surface area contributed by atoms with E-state index in [4.69, 9.17) is 22.1 Å². The van der Waals surface area contributed by atoms with Gasteiger partial charge in [-0.25, -0.2) is 4.98 Å². The van der Waals surface area contributed by atoms with Crippen molar-refractivity contribution in [2.45, 2.75) is 19.9 Å². The Morgan fingerprint density at radius 1 is 1.50 bits per heavy atom. The van der Waals surface area contributed by atoms with Gasteiger partial charge in [-0.3, -0.25) is 0 Å². The van der Waals surface area contributed by atoms with Crippen molar-refractivity contribution in [3.63, 3.8) is 0 Å². The summed E-state index contributed by atoms with van der Waals surface area (Å²) in [5.41, 5.74) is 6.90. The predicted molar refractivity (Wildman–Crippen MR) is 57.6 cm³/mol. The molecule has 4 heteroatoms. The van der Waals surface area contributed by atoms with Crippen LogP contribution in [0.5, 0.6) is 5.75 Å². The van der Waals surface area contributed by atoms with E-state index in [0.717, 1.165) is 5.56 Å². The highest BCUT2D eigenvalue weighted by Crippen LogP contribution is 2.28. The second kappa shape index (κ2) is 4.62. The summed E-state index contributed by atoms with van der Waals surface area (Å²) in [5, 5.41) is 0.418. The molecule has 0 saturated carbocycles. The van der Waals surface area contributed by atoms with Crippen LogP contribution in [0.25, 0.3) is 0 Å². The van der Waals surface area contributed by atoms with Crippen LogP contribution in [0, 0.1) is 5.92 Å². The molecule has 1 aromatic heterocycles. The van der Waals surface area contributed by atoms with E-state index >= 15 is 0 Å². The SMILES string of the molecule is COc1cc(Cl)ncc1[C@@H](N)C(C)C. The van der Waals surface area contributed by atoms with E-state index in [-0.39, 0.29) is 6.04 Å². The van der Waals surface area contributed by atoms with Crippen molar-refractivity contribution in [1.82, 2.24) is 4.98 Å². The number of nitrogens with two attached hydrogens (primary N) is 1. The number of hydrogen-bond donors (Lipinski definition) is 1. The Hall–Kier alpha value is -0.800. The highest BCUT2D eigenvalue weighted by molar-refractivity contribution is 6.29. The summed E-state index contributed by atoms with van der Waals surface area (Å²) in [6.45, 7) is 4.11. The van der Waals surface area contributed by atoms with Gasteiger partial charge in [-0.1, -0.05) is 25.4 Å². The molecule has 0 amide bonds. The van der Waals surface area contributed by atoms with Crippen LogP contribution in [0.4, 0.5) is 0 Å². The number of hydrogen-bond acceptors (Lipinski definition) is 3. The van der Waals surface area contributed by atoms with E-state index in [9.17, 15) is 0 Å². The summed E-state index contributed by atoms with van der Waals surface area (Å²) in [6, 6.07) is 1.61. The minimum atomic E-state index is -0.0743. The average molecular weight is 215 g/mol. The maximum Gasteiger partial charge on any atom is 0.132 e. The van der Waals surface area contributed by atoms with Gasteiger partial charge in [0.2, 0.25) is 0 Å². The first-order valence-electron chi connectivity index (χ1n) is 4.51. The standard InChI is InChI=1S/C10H15ClN2O/c1-6(2)10(12)7-5-13-9(11)4-8(7)14-3/h4-6,10H,12H2,1-3H3/t10-/m0/s1. The minimum absolute atomic E-state index is 0.0743. The van der Waals surface area contributed by atoms with Crippen LogP contribution in [-0.4, -0.2) is 12.1 Å². The molecule has 0 aliphatic heterocycles. The van der Waals surface area contributed by atoms with Crippen LogP contribution in [0.3, 0.4) is 0 Å². The molecule has 0 unspecified atom stereocenters. The number of methoxy groups -OCH3 is 1. The van der Waals surface area contributed by atoms with Gasteiger partial charge in [0.25, 0.3) is 0 Å². The Morgan fingerprint density at radius 3 is 2.64 bits per heavy atom. The van der Waals surface area contributed by atoms with Gasteiger partial charge >= 0.3 is 0 Å². The summed E-state index contributed by atoms with van der Waals surface area (Å²) >= 11 is 5.75. The molecule has 0 aliphatic rings. The summed E-state index contributed by atoms with van der Waals surface area (Å²) in [6.07, 6.45) is 1.67. The van der Waals surface area contributed by atoms with E-state index in [1.165, 1.54) is 0 Å². The molecule has 0 fully saturated rings. The highest BCUT2D eigenvalue weighted by Gasteiger charge is 2.15. The van der Waals surface area contributed by atoms with Crippen molar-refractivity contribution >= 4 is 11.6 Å². The van der Waals surface area contributed by atoms with E-state index < -0.39 is 0 Å². The number of ether oxygens (including phenoxy) is 1. The molecule has 0 aliphatic carbocycles. The quantitative estimate of drug-likeness (QED) is 0.787. The Balaban J connectivity index is 3.07. The third-order valence-electron chi connectivity index (χ3n) is 2.16. The zero-order valence-corrected chi connectivity index (χ0v) is 9.38. The fraction of sp³-hybridized carbons (Fsp3) is 0.500. The smallest absolute Gasteiger partial charge is 0.132 e. The van der Waals surface area contributed by atoms with E-state index in [1.54, 1.807) is 19.4 Å². The van der Waals surface area contributed by atoms with Crippen LogP contribution in [-0.2, 0) is 0 Å². The van der Waals surface area contributed by atoms with Crippen LogP contribution in [0.2, 0.25) is 5.15 Å². The van der Waals surface area contributed by atoms with Crippen molar-refractivity contribution in [3.05, 3.63) is 23.0 Å². The first kappa shape index (κ1) is 11.3. The molecule has 2 N–H and O–H groups in total. The van der Waals surface area contributed by atoms with E-state index in [1.807, 2.05) is 0 Å². The van der Waals surface area contributed by atoms with Crippen LogP contribution >= 0.6 is 11.6 Å². The summed E-state index contributed by atoms with van der Waals surface area (Å²) in [4.78, 5) is 4.00. The molecule has 0 radical (unpaired) electrons. The lowest BCUT2D eigenvalue weighted by atomic mass is 9.98. The molecular weight excluding hydrogens is 200 g/mol. The number of nitrogens with zero attached hydrogens (tertiary/aromatic N) is 1. The van der Waals surface area contributed by atoms with Crippen LogP contribution in [0.1, 0.15) is 25.5 Å². The zero-order valence-electron chi connectivity index (χ0n) is 8.62. The largest absolute Gasteiger partial charge is 0.496 e. The third-order valence-corrected chi connectivity index (χ3v) is 2.37. The van der Waals surface area contributed by atoms with Gasteiger partial charge in [0.1, 0.15) is 10.9 Å². The number of rotatable bonds is 3. The summed E-state index contributed by atoms with van der Waals surface area (Å²) in [5.74, 6) is 1.04. The minimum Gasteiger partial charge on any atom is -0.496 e. The van der Waals surface area contributed by atoms with E-state index in [2.05, 4.69) is 18.8 Å². The molecule has 3 nitrogen and oxygen atoms in total. The summed E-state index contributed by atoms with van der Waals surface area (Å²) < 4.78 is 5.19. The molecule has 1 atom stereocenters. The lowest BCUT2D eigenvalue weighted by Crippen LogP contribution is -2.17. The molecule has 0 spiro atoms. The molecule has 14 heavy (non-hydrogen) atoms. The van der Waals surface area contributed by atoms with Crippen molar-refractivity contribution < 1.29 is 4.74 Å². The van der Waals surface area contributed by atoms with Crippen LogP contribution < -0.4 is 10.5 Å². The first-order valence-corrected chi connectivity index (χ1v) is 4.89. The third kappa shape index (κ3) is 2.36. The normalized spacial score (nSPS) is 13.0. The molecule has 1 aromatic rings. The fourth-order valence-corrected chi connectivity index (χ4v) is 1.36. The Bertz CT molecular complexity index is 315. The summed E-state index contributed by atoms with van der Waals surface area (Å²) in [7, 11) is 1.60. The lowest BCUT2D eigenvalue weighted by molar-refractivity contribution is 0.395. The molecule has 0 bridgehead atoms. The number of pyridine rings is 1. The molecule has 1 rings (SSSR count). The fourth-order valence-electron chi connectivity index (χ4n) is 1.21. The van der Waals surface area contributed by atoms with Gasteiger partial charge in [0, 0.05) is 23.9 Å². The molecular formula is C10H15ClN2O. The zero-order chi connectivity index (χ0) is 10.7. The van der Waals surface area contributed by atoms with Gasteiger partial charge in [0.15, 0.2) is 0 Å². The topological polar surface area (TPSA) is 48.1 Å². The molecule has 0 saturated heterocycles. The van der Waals surface area contributed by atoms with E-state index in [0.29, 0.717) is 16.8 Å². The van der Waals surface area contributed by atoms with Crippen LogP contribution in [0.15, 0.2) is 12.3 Å². The highest BCUT2D eigenvalue weighted by atomic mass is 35.5. The van der Waals surface area contributed by atoms with Crippen molar-refractivity contribution in [1.29, 1.82) is 0 Å². The predicted octanol–water partition coefficient (Wildman–Crippen LogP) is 2.40. The average Bonchev–Trinajstić information content (AvgIpc) is 2.16. The second-order valence-electron chi connectivity index (χ2n) is 3.52. The monoisotopic (exact) mass is 214 g/mol. The molecule has 0 aromatic carbocycles. The van der Waals surface area contributed by atoms with Crippen molar-refractivity contribution in [3.8, 4) is 5.75 Å². The second-order valence-corrected chi connectivity index (χ2v) is 3.91. The van der Waals surface area contributed by atoms with Gasteiger partial charge in [0.05, 0.1) is 7.11 Å². The van der Waals surface area contributed by atoms with Gasteiger partial charge in [-0.15, -0.1) is 0 Å². The Labute approximate surface area is 89.2 Å². The first-order chi connectivity index (χ1) is 6.56. The number of halogens is 1. The van der Waals surface area contributed by atoms with Gasteiger partial charge < -0.3 is 10.5 Å². The maximum atomic E-state index is 6.00.